The number of carbonyl (C=O) groups is 1. The topological polar surface area (TPSA) is 40.1 Å². The van der Waals surface area contributed by atoms with Crippen molar-refractivity contribution >= 4 is 37.8 Å². The minimum atomic E-state index is -0.883. The quantitative estimate of drug-likeness (QED) is 0.723. The predicted molar refractivity (Wildman–Crippen MR) is 64.0 cm³/mol. The minimum Gasteiger partial charge on any atom is -0.550 e. The number of carbonyl (C=O) groups excluding carboxylic acids is 1. The molecule has 2 rings (SSSR count). The number of aliphatic carboxylic acids is 1. The van der Waals surface area contributed by atoms with Crippen LogP contribution in [0.1, 0.15) is 33.1 Å². The smallest absolute Gasteiger partial charge is 0.0516 e. The SMILES string of the molecule is CC1(C)[C@@H]2CC[C@@](C(=O)[O-])(C2)[C@]1(Br)CBr. The van der Waals surface area contributed by atoms with E-state index in [9.17, 15) is 9.90 Å². The Kier molecular flexibility index (Phi) is 2.56. The number of hydrogen-bond acceptors (Lipinski definition) is 2. The molecule has 0 spiro atoms. The van der Waals surface area contributed by atoms with E-state index in [0.29, 0.717) is 11.2 Å². The third-order valence-electron chi connectivity index (χ3n) is 4.89. The van der Waals surface area contributed by atoms with Crippen LogP contribution in [0.4, 0.5) is 0 Å². The summed E-state index contributed by atoms with van der Waals surface area (Å²) in [5.41, 5.74) is -0.667. The molecule has 0 radical (unpaired) electrons. The highest BCUT2D eigenvalue weighted by Gasteiger charge is 2.69. The minimum absolute atomic E-state index is 0.00875. The predicted octanol–water partition coefficient (Wildman–Crippen LogP) is 2.09. The van der Waals surface area contributed by atoms with Crippen molar-refractivity contribution < 1.29 is 9.90 Å². The fourth-order valence-electron chi connectivity index (χ4n) is 3.61. The molecule has 15 heavy (non-hydrogen) atoms. The van der Waals surface area contributed by atoms with Crippen molar-refractivity contribution in [3.8, 4) is 0 Å². The van der Waals surface area contributed by atoms with Gasteiger partial charge in [0, 0.05) is 16.7 Å². The average molecular weight is 339 g/mol. The summed E-state index contributed by atoms with van der Waals surface area (Å²) in [6, 6.07) is 0. The van der Waals surface area contributed by atoms with Crippen molar-refractivity contribution in [3.63, 3.8) is 0 Å². The lowest BCUT2D eigenvalue weighted by molar-refractivity contribution is -0.320. The van der Waals surface area contributed by atoms with E-state index < -0.39 is 11.4 Å². The molecular weight excluding hydrogens is 324 g/mol. The molecule has 2 bridgehead atoms. The summed E-state index contributed by atoms with van der Waals surface area (Å²) in [4.78, 5) is 11.5. The maximum Gasteiger partial charge on any atom is 0.0516 e. The van der Waals surface area contributed by atoms with Gasteiger partial charge in [0.1, 0.15) is 0 Å². The van der Waals surface area contributed by atoms with Crippen LogP contribution < -0.4 is 5.11 Å². The van der Waals surface area contributed by atoms with Crippen LogP contribution in [-0.2, 0) is 4.79 Å². The first-order valence-electron chi connectivity index (χ1n) is 5.28. The number of rotatable bonds is 2. The van der Waals surface area contributed by atoms with Crippen LogP contribution in [0.15, 0.2) is 0 Å². The Morgan fingerprint density at radius 3 is 2.53 bits per heavy atom. The average Bonchev–Trinajstić information content (AvgIpc) is 2.67. The van der Waals surface area contributed by atoms with Crippen LogP contribution in [0.2, 0.25) is 0 Å². The van der Waals surface area contributed by atoms with E-state index in [-0.39, 0.29) is 9.74 Å². The van der Waals surface area contributed by atoms with Gasteiger partial charge < -0.3 is 9.90 Å². The molecule has 4 heteroatoms. The fourth-order valence-corrected chi connectivity index (χ4v) is 5.71. The van der Waals surface area contributed by atoms with Crippen molar-refractivity contribution in [2.75, 3.05) is 5.33 Å². The number of hydrogen-bond donors (Lipinski definition) is 0. The van der Waals surface area contributed by atoms with Gasteiger partial charge in [-0.2, -0.15) is 0 Å². The van der Waals surface area contributed by atoms with E-state index in [1.165, 1.54) is 0 Å². The Hall–Kier alpha value is 0.430. The molecule has 0 heterocycles. The molecule has 0 N–H and O–H groups in total. The Morgan fingerprint density at radius 2 is 2.13 bits per heavy atom. The standard InChI is InChI=1S/C11H16Br2O2/c1-9(2)7-3-4-10(5-7,8(14)15)11(9,13)6-12/h7H,3-6H2,1-2H3,(H,14,15)/p-1/t7-,10+,11+/m1/s1. The van der Waals surface area contributed by atoms with E-state index in [1.54, 1.807) is 0 Å². The molecule has 0 aromatic carbocycles. The summed E-state index contributed by atoms with van der Waals surface area (Å²) in [6.07, 6.45) is 2.53. The molecule has 86 valence electrons. The first-order valence-corrected chi connectivity index (χ1v) is 7.19. The maximum absolute atomic E-state index is 11.5. The molecule has 3 atom stereocenters. The Morgan fingerprint density at radius 1 is 1.53 bits per heavy atom. The molecule has 2 nitrogen and oxygen atoms in total. The molecule has 2 aliphatic rings. The van der Waals surface area contributed by atoms with Crippen LogP contribution in [0.3, 0.4) is 0 Å². The number of alkyl halides is 2. The summed E-state index contributed by atoms with van der Waals surface area (Å²) < 4.78 is -0.366. The highest BCUT2D eigenvalue weighted by molar-refractivity contribution is 9.12. The first kappa shape index (κ1) is 11.9. The number of carboxylic acid groups (broad SMARTS) is 1. The Bertz CT molecular complexity index is 316. The summed E-state index contributed by atoms with van der Waals surface area (Å²) in [5, 5.41) is 12.1. The second-order valence-electron chi connectivity index (χ2n) is 5.47. The normalized spacial score (nSPS) is 47.1. The third-order valence-corrected chi connectivity index (χ3v) is 8.54. The van der Waals surface area contributed by atoms with Gasteiger partial charge in [0.15, 0.2) is 0 Å². The van der Waals surface area contributed by atoms with Crippen LogP contribution in [0.25, 0.3) is 0 Å². The third kappa shape index (κ3) is 1.13. The van der Waals surface area contributed by atoms with Gasteiger partial charge in [-0.15, -0.1) is 0 Å². The fraction of sp³-hybridized carbons (Fsp3) is 0.909. The maximum atomic E-state index is 11.5. The monoisotopic (exact) mass is 337 g/mol. The molecule has 0 aliphatic heterocycles. The second kappa shape index (κ2) is 3.22. The second-order valence-corrected chi connectivity index (χ2v) is 7.38. The zero-order valence-corrected chi connectivity index (χ0v) is 12.2. The molecular formula is C11H15Br2O2-. The van der Waals surface area contributed by atoms with Crippen molar-refractivity contribution in [1.82, 2.24) is 0 Å². The summed E-state index contributed by atoms with van der Waals surface area (Å²) >= 11 is 7.19. The van der Waals surface area contributed by atoms with Gasteiger partial charge in [0.2, 0.25) is 0 Å². The van der Waals surface area contributed by atoms with Crippen LogP contribution in [-0.4, -0.2) is 15.6 Å². The van der Waals surface area contributed by atoms with Gasteiger partial charge >= 0.3 is 0 Å². The van der Waals surface area contributed by atoms with E-state index in [0.717, 1.165) is 19.3 Å². The van der Waals surface area contributed by atoms with Crippen LogP contribution in [0.5, 0.6) is 0 Å². The van der Waals surface area contributed by atoms with Crippen molar-refractivity contribution in [2.45, 2.75) is 37.4 Å². The van der Waals surface area contributed by atoms with Crippen LogP contribution >= 0.6 is 31.9 Å². The molecule has 2 fully saturated rings. The number of carboxylic acids is 1. The molecule has 0 unspecified atom stereocenters. The van der Waals surface area contributed by atoms with E-state index in [1.807, 2.05) is 0 Å². The zero-order chi connectivity index (χ0) is 11.5. The lowest BCUT2D eigenvalue weighted by Crippen LogP contribution is -2.58. The highest BCUT2D eigenvalue weighted by Crippen LogP contribution is 2.71. The van der Waals surface area contributed by atoms with E-state index in [2.05, 4.69) is 45.7 Å². The summed E-state index contributed by atoms with van der Waals surface area (Å²) in [7, 11) is 0. The summed E-state index contributed by atoms with van der Waals surface area (Å²) in [5.74, 6) is -0.390. The number of halogens is 2. The Labute approximate surface area is 107 Å². The Balaban J connectivity index is 2.54. The molecule has 0 amide bonds. The highest BCUT2D eigenvalue weighted by atomic mass is 79.9. The van der Waals surface area contributed by atoms with Crippen LogP contribution in [0, 0.1) is 16.7 Å². The van der Waals surface area contributed by atoms with Gasteiger partial charge in [-0.3, -0.25) is 0 Å². The lowest BCUT2D eigenvalue weighted by atomic mass is 9.64. The van der Waals surface area contributed by atoms with Gasteiger partial charge in [0.25, 0.3) is 0 Å². The zero-order valence-electron chi connectivity index (χ0n) is 8.98. The molecule has 2 aliphatic carbocycles. The van der Waals surface area contributed by atoms with Crippen molar-refractivity contribution in [3.05, 3.63) is 0 Å². The molecule has 0 aromatic heterocycles. The van der Waals surface area contributed by atoms with E-state index in [4.69, 9.17) is 0 Å². The largest absolute Gasteiger partial charge is 0.550 e. The van der Waals surface area contributed by atoms with Gasteiger partial charge in [-0.25, -0.2) is 0 Å². The van der Waals surface area contributed by atoms with Gasteiger partial charge in [-0.1, -0.05) is 45.7 Å². The van der Waals surface area contributed by atoms with Gasteiger partial charge in [-0.05, 0) is 30.6 Å². The van der Waals surface area contributed by atoms with Crippen molar-refractivity contribution in [2.24, 2.45) is 16.7 Å². The molecule has 0 aromatic rings. The molecule has 2 saturated carbocycles. The molecule has 0 saturated heterocycles. The summed E-state index contributed by atoms with van der Waals surface area (Å²) in [6.45, 7) is 4.33. The van der Waals surface area contributed by atoms with Gasteiger partial charge in [0.05, 0.1) is 4.32 Å². The number of fused-ring (bicyclic) bond motifs is 2. The first-order chi connectivity index (χ1) is 6.82. The van der Waals surface area contributed by atoms with Crippen molar-refractivity contribution in [1.29, 1.82) is 0 Å². The lowest BCUT2D eigenvalue weighted by Gasteiger charge is -2.51. The van der Waals surface area contributed by atoms with E-state index >= 15 is 0 Å².